The lowest BCUT2D eigenvalue weighted by Crippen LogP contribution is -2.40. The highest BCUT2D eigenvalue weighted by molar-refractivity contribution is 7.24. The standard InChI is InChI=1S/C62H78S2Si2/c1-11-13-15-17-19-27-35-65(45(3)4,46(5)6)37-33-55-57-43-59(53-39-49-29-23-21-24-30-50(49)40-53)64-62(57)56(34-38-66(47(7)8,48(9)10)36-28-20-18-16-14-12-2)58-44-60(63-61(55)58)54-41-51-31-25-22-26-32-52(51)42-54/h21-26,29-32,39-48H,11-20,27-28,35-36H2,1-10H3. The highest BCUT2D eigenvalue weighted by atomic mass is 32.1. The maximum atomic E-state index is 4.30. The van der Waals surface area contributed by atoms with Gasteiger partial charge >= 0.3 is 0 Å². The molecule has 0 atom stereocenters. The molecule has 0 radical (unpaired) electrons. The van der Waals surface area contributed by atoms with Crippen LogP contribution in [0.2, 0.25) is 34.3 Å². The predicted molar refractivity (Wildman–Crippen MR) is 303 cm³/mol. The molecule has 2 heterocycles. The SMILES string of the molecule is CCCCCCCC[Si](C#Cc1c2cc(-c3cc4cccccc-4c3)sc2c(C#C[Si](CCCCCCCC)(C(C)C)C(C)C)c2cc(-c3cc4cccccc-4c3)sc12)(C(C)C)C(C)C. The van der Waals surface area contributed by atoms with Gasteiger partial charge in [-0.2, -0.15) is 0 Å². The summed E-state index contributed by atoms with van der Waals surface area (Å²) in [4.78, 5) is 2.63. The summed E-state index contributed by atoms with van der Waals surface area (Å²) in [7, 11) is -4.06. The van der Waals surface area contributed by atoms with Crippen LogP contribution < -0.4 is 0 Å². The molecule has 0 nitrogen and oxygen atoms in total. The monoisotopic (exact) mass is 943 g/mol. The van der Waals surface area contributed by atoms with E-state index in [1.807, 2.05) is 22.7 Å². The van der Waals surface area contributed by atoms with Gasteiger partial charge in [0.1, 0.15) is 16.1 Å². The quantitative estimate of drug-likeness (QED) is 0.0406. The molecule has 4 aliphatic rings. The van der Waals surface area contributed by atoms with Crippen LogP contribution in [0.3, 0.4) is 0 Å². The number of rotatable bonds is 20. The molecule has 4 heteroatoms. The summed E-state index contributed by atoms with van der Waals surface area (Å²) < 4.78 is 2.64. The zero-order valence-electron chi connectivity index (χ0n) is 42.3. The van der Waals surface area contributed by atoms with Gasteiger partial charge in [-0.3, -0.25) is 0 Å². The van der Waals surface area contributed by atoms with Gasteiger partial charge in [0.25, 0.3) is 0 Å². The molecule has 0 amide bonds. The van der Waals surface area contributed by atoms with E-state index in [9.17, 15) is 0 Å². The predicted octanol–water partition coefficient (Wildman–Crippen LogP) is 20.7. The van der Waals surface area contributed by atoms with Crippen molar-refractivity contribution < 1.29 is 0 Å². The lowest BCUT2D eigenvalue weighted by molar-refractivity contribution is 0.620. The molecule has 0 saturated heterocycles. The van der Waals surface area contributed by atoms with Gasteiger partial charge in [0.05, 0.1) is 20.5 Å². The Kier molecular flexibility index (Phi) is 17.4. The molecule has 0 N–H and O–H groups in total. The van der Waals surface area contributed by atoms with E-state index in [0.717, 1.165) is 0 Å². The minimum Gasteiger partial charge on any atom is -0.134 e. The molecule has 0 aliphatic heterocycles. The molecule has 0 unspecified atom stereocenters. The van der Waals surface area contributed by atoms with Crippen LogP contribution >= 0.6 is 22.7 Å². The normalized spacial score (nSPS) is 12.3. The third-order valence-electron chi connectivity index (χ3n) is 15.3. The zero-order chi connectivity index (χ0) is 46.8. The zero-order valence-corrected chi connectivity index (χ0v) is 45.9. The molecule has 0 bridgehead atoms. The second kappa shape index (κ2) is 22.9. The van der Waals surface area contributed by atoms with Crippen molar-refractivity contribution in [3.8, 4) is 66.1 Å². The Labute approximate surface area is 411 Å². The van der Waals surface area contributed by atoms with Crippen molar-refractivity contribution in [3.63, 3.8) is 0 Å². The second-order valence-electron chi connectivity index (χ2n) is 20.8. The minimum atomic E-state index is -2.03. The molecule has 0 saturated carbocycles. The van der Waals surface area contributed by atoms with Crippen molar-refractivity contribution in [2.24, 2.45) is 0 Å². The van der Waals surface area contributed by atoms with Crippen molar-refractivity contribution in [1.82, 2.24) is 0 Å². The Bertz CT molecular complexity index is 2420. The summed E-state index contributed by atoms with van der Waals surface area (Å²) in [6.45, 7) is 24.5. The molecule has 0 spiro atoms. The van der Waals surface area contributed by atoms with Crippen molar-refractivity contribution >= 4 is 59.0 Å². The van der Waals surface area contributed by atoms with Crippen LogP contribution in [0.4, 0.5) is 0 Å². The molecule has 2 aromatic heterocycles. The summed E-state index contributed by atoms with van der Waals surface area (Å²) in [5.41, 5.74) is 21.1. The van der Waals surface area contributed by atoms with Gasteiger partial charge in [0.2, 0.25) is 0 Å². The molecular weight excluding hydrogens is 865 g/mol. The molecule has 0 fully saturated rings. The average Bonchev–Trinajstić information content (AvgIpc) is 4.06. The van der Waals surface area contributed by atoms with E-state index in [1.165, 1.54) is 164 Å². The highest BCUT2D eigenvalue weighted by Gasteiger charge is 2.39. The third kappa shape index (κ3) is 11.0. The van der Waals surface area contributed by atoms with Gasteiger partial charge in [-0.05, 0) is 104 Å². The highest BCUT2D eigenvalue weighted by Crippen LogP contribution is 2.48. The van der Waals surface area contributed by atoms with Crippen molar-refractivity contribution in [3.05, 3.63) is 108 Å². The maximum Gasteiger partial charge on any atom is 0.143 e. The van der Waals surface area contributed by atoms with Crippen LogP contribution in [-0.4, -0.2) is 16.1 Å². The van der Waals surface area contributed by atoms with E-state index in [-0.39, 0.29) is 0 Å². The molecule has 1 aromatic carbocycles. The number of benzene rings is 1. The van der Waals surface area contributed by atoms with E-state index in [1.54, 1.807) is 0 Å². The topological polar surface area (TPSA) is 0 Å². The van der Waals surface area contributed by atoms with Gasteiger partial charge < -0.3 is 0 Å². The van der Waals surface area contributed by atoms with Gasteiger partial charge in [-0.25, -0.2) is 0 Å². The largest absolute Gasteiger partial charge is 0.143 e. The minimum absolute atomic E-state index is 0.585. The summed E-state index contributed by atoms with van der Waals surface area (Å²) in [6, 6.07) is 39.1. The van der Waals surface area contributed by atoms with Crippen LogP contribution in [-0.2, 0) is 0 Å². The Hall–Kier alpha value is -3.91. The fourth-order valence-corrected chi connectivity index (χ4v) is 22.1. The Morgan fingerprint density at radius 1 is 0.394 bits per heavy atom. The van der Waals surface area contributed by atoms with Gasteiger partial charge in [-0.1, -0.05) is 219 Å². The molecule has 7 rings (SSSR count). The van der Waals surface area contributed by atoms with E-state index < -0.39 is 16.1 Å². The Morgan fingerprint density at radius 3 is 1.03 bits per heavy atom. The van der Waals surface area contributed by atoms with E-state index >= 15 is 0 Å². The number of hydrogen-bond acceptors (Lipinski definition) is 2. The number of unbranched alkanes of at least 4 members (excludes halogenated alkanes) is 10. The van der Waals surface area contributed by atoms with E-state index in [2.05, 4.69) is 189 Å². The number of thiophene rings is 2. The molecule has 66 heavy (non-hydrogen) atoms. The first kappa shape index (κ1) is 50.0. The van der Waals surface area contributed by atoms with Gasteiger partial charge in [-0.15, -0.1) is 33.8 Å². The second-order valence-corrected chi connectivity index (χ2v) is 33.2. The third-order valence-corrected chi connectivity index (χ3v) is 29.5. The summed E-state index contributed by atoms with van der Waals surface area (Å²) >= 11 is 3.91. The fraction of sp³-hybridized carbons (Fsp3) is 0.452. The Morgan fingerprint density at radius 2 is 0.712 bits per heavy atom. The molecule has 4 aliphatic carbocycles. The lowest BCUT2D eigenvalue weighted by Gasteiger charge is -2.34. The van der Waals surface area contributed by atoms with Crippen molar-refractivity contribution in [2.45, 2.75) is 181 Å². The first-order valence-corrected chi connectivity index (χ1v) is 32.4. The van der Waals surface area contributed by atoms with E-state index in [0.29, 0.717) is 22.2 Å². The maximum absolute atomic E-state index is 4.30. The van der Waals surface area contributed by atoms with Gasteiger partial charge in [0.15, 0.2) is 0 Å². The summed E-state index contributed by atoms with van der Waals surface area (Å²) in [5.74, 6) is 8.32. The molecule has 346 valence electrons. The van der Waals surface area contributed by atoms with Crippen LogP contribution in [0.1, 0.15) is 157 Å². The van der Waals surface area contributed by atoms with Crippen LogP contribution in [0.5, 0.6) is 0 Å². The van der Waals surface area contributed by atoms with Crippen LogP contribution in [0, 0.1) is 22.9 Å². The van der Waals surface area contributed by atoms with Gasteiger partial charge in [0, 0.05) is 20.5 Å². The first-order valence-electron chi connectivity index (χ1n) is 26.0. The van der Waals surface area contributed by atoms with Crippen LogP contribution in [0.25, 0.3) is 63.3 Å². The molecular formula is C62H78S2Si2. The number of fused-ring (bicyclic) bond motifs is 4. The van der Waals surface area contributed by atoms with Crippen molar-refractivity contribution in [1.29, 1.82) is 0 Å². The van der Waals surface area contributed by atoms with E-state index in [4.69, 9.17) is 0 Å². The van der Waals surface area contributed by atoms with Crippen molar-refractivity contribution in [2.75, 3.05) is 0 Å². The average molecular weight is 944 g/mol. The van der Waals surface area contributed by atoms with Crippen LogP contribution in [0.15, 0.2) is 97.1 Å². The molecule has 3 aromatic rings. The fourth-order valence-electron chi connectivity index (χ4n) is 11.0. The summed E-state index contributed by atoms with van der Waals surface area (Å²) in [5, 5.41) is 2.60. The Balaban J connectivity index is 1.49. The summed E-state index contributed by atoms with van der Waals surface area (Å²) in [6.07, 6.45) is 16.0. The smallest absolute Gasteiger partial charge is 0.134 e. The number of hydrogen-bond donors (Lipinski definition) is 0. The lowest BCUT2D eigenvalue weighted by atomic mass is 10.0. The first-order chi connectivity index (χ1) is 31.9.